The minimum absolute atomic E-state index is 0.200. The first-order valence-electron chi connectivity index (χ1n) is 6.51. The van der Waals surface area contributed by atoms with Crippen LogP contribution in [0.15, 0.2) is 30.3 Å². The molecule has 0 aliphatic heterocycles. The Kier molecular flexibility index (Phi) is 5.57. The molecular weight excluding hydrogens is 345 g/mol. The van der Waals surface area contributed by atoms with Gasteiger partial charge in [-0.1, -0.05) is 52.5 Å². The summed E-state index contributed by atoms with van der Waals surface area (Å²) >= 11 is 17.8. The van der Waals surface area contributed by atoms with Gasteiger partial charge < -0.3 is 10.1 Å². The monoisotopic (exact) mass is 357 g/mol. The minimum Gasteiger partial charge on any atom is -0.481 e. The van der Waals surface area contributed by atoms with E-state index in [9.17, 15) is 4.79 Å². The minimum atomic E-state index is -0.297. The Balaban J connectivity index is 2.02. The summed E-state index contributed by atoms with van der Waals surface area (Å²) in [6.07, 6.45) is 0. The number of ether oxygens (including phenoxy) is 1. The number of anilines is 1. The van der Waals surface area contributed by atoms with Crippen molar-refractivity contribution in [2.45, 2.75) is 13.8 Å². The first-order valence-corrected chi connectivity index (χ1v) is 7.64. The van der Waals surface area contributed by atoms with E-state index in [1.165, 1.54) is 12.1 Å². The molecule has 0 aliphatic carbocycles. The van der Waals surface area contributed by atoms with Gasteiger partial charge in [0.15, 0.2) is 12.4 Å². The van der Waals surface area contributed by atoms with Gasteiger partial charge in [-0.05, 0) is 37.6 Å². The van der Waals surface area contributed by atoms with Crippen molar-refractivity contribution in [2.75, 3.05) is 11.9 Å². The second kappa shape index (κ2) is 7.23. The van der Waals surface area contributed by atoms with Crippen molar-refractivity contribution in [3.63, 3.8) is 0 Å². The van der Waals surface area contributed by atoms with Gasteiger partial charge in [0.1, 0.15) is 0 Å². The quantitative estimate of drug-likeness (QED) is 0.807. The molecule has 3 nitrogen and oxygen atoms in total. The van der Waals surface area contributed by atoms with Crippen molar-refractivity contribution in [3.8, 4) is 5.75 Å². The van der Waals surface area contributed by atoms with Crippen LogP contribution in [0.25, 0.3) is 0 Å². The SMILES string of the molecule is Cc1ccc(NC(=O)COc2c(Cl)cc(Cl)cc2Cl)c(C)c1. The number of nitrogens with one attached hydrogen (secondary N) is 1. The molecule has 2 aromatic rings. The van der Waals surface area contributed by atoms with Crippen molar-refractivity contribution < 1.29 is 9.53 Å². The Labute approximate surface area is 144 Å². The van der Waals surface area contributed by atoms with Crippen molar-refractivity contribution in [1.29, 1.82) is 0 Å². The molecule has 2 rings (SSSR count). The topological polar surface area (TPSA) is 38.3 Å². The summed E-state index contributed by atoms with van der Waals surface area (Å²) in [7, 11) is 0. The zero-order valence-corrected chi connectivity index (χ0v) is 14.3. The van der Waals surface area contributed by atoms with Gasteiger partial charge in [0, 0.05) is 10.7 Å². The van der Waals surface area contributed by atoms with Gasteiger partial charge >= 0.3 is 0 Å². The second-order valence-corrected chi connectivity index (χ2v) is 6.10. The first kappa shape index (κ1) is 16.9. The molecule has 0 aromatic heterocycles. The van der Waals surface area contributed by atoms with Gasteiger partial charge in [-0.3, -0.25) is 4.79 Å². The number of carbonyl (C=O) groups excluding carboxylic acids is 1. The molecule has 1 N–H and O–H groups in total. The number of amides is 1. The predicted octanol–water partition coefficient (Wildman–Crippen LogP) is 5.28. The number of hydrogen-bond acceptors (Lipinski definition) is 2. The molecule has 1 amide bonds. The lowest BCUT2D eigenvalue weighted by Gasteiger charge is -2.12. The summed E-state index contributed by atoms with van der Waals surface area (Å²) in [5.74, 6) is -0.0578. The summed E-state index contributed by atoms with van der Waals surface area (Å²) in [4.78, 5) is 12.0. The molecule has 0 atom stereocenters. The molecule has 0 aliphatic rings. The predicted molar refractivity (Wildman–Crippen MR) is 91.5 cm³/mol. The van der Waals surface area contributed by atoms with Crippen LogP contribution in [0, 0.1) is 13.8 Å². The van der Waals surface area contributed by atoms with Gasteiger partial charge in [-0.25, -0.2) is 0 Å². The number of hydrogen-bond donors (Lipinski definition) is 1. The maximum Gasteiger partial charge on any atom is 0.262 e. The third-order valence-electron chi connectivity index (χ3n) is 2.97. The number of rotatable bonds is 4. The fourth-order valence-corrected chi connectivity index (χ4v) is 2.87. The number of halogens is 3. The van der Waals surface area contributed by atoms with E-state index in [0.29, 0.717) is 5.02 Å². The van der Waals surface area contributed by atoms with E-state index in [1.54, 1.807) is 0 Å². The van der Waals surface area contributed by atoms with E-state index in [0.717, 1.165) is 16.8 Å². The van der Waals surface area contributed by atoms with Crippen molar-refractivity contribution >= 4 is 46.4 Å². The van der Waals surface area contributed by atoms with E-state index in [2.05, 4.69) is 5.32 Å². The molecule has 0 unspecified atom stereocenters. The number of aryl methyl sites for hydroxylation is 2. The highest BCUT2D eigenvalue weighted by atomic mass is 35.5. The molecule has 0 saturated carbocycles. The average Bonchev–Trinajstić information content (AvgIpc) is 2.40. The van der Waals surface area contributed by atoms with Crippen LogP contribution in [0.5, 0.6) is 5.75 Å². The Morgan fingerprint density at radius 1 is 1.09 bits per heavy atom. The molecule has 0 saturated heterocycles. The van der Waals surface area contributed by atoms with Crippen LogP contribution in [0.3, 0.4) is 0 Å². The zero-order chi connectivity index (χ0) is 16.3. The van der Waals surface area contributed by atoms with Crippen LogP contribution in [0.1, 0.15) is 11.1 Å². The summed E-state index contributed by atoms with van der Waals surface area (Å²) in [6, 6.07) is 8.78. The molecule has 0 spiro atoms. The van der Waals surface area contributed by atoms with Gasteiger partial charge in [0.2, 0.25) is 0 Å². The van der Waals surface area contributed by atoms with E-state index < -0.39 is 0 Å². The van der Waals surface area contributed by atoms with Crippen molar-refractivity contribution in [2.24, 2.45) is 0 Å². The maximum absolute atomic E-state index is 12.0. The molecule has 116 valence electrons. The largest absolute Gasteiger partial charge is 0.481 e. The lowest BCUT2D eigenvalue weighted by atomic mass is 10.1. The highest BCUT2D eigenvalue weighted by molar-refractivity contribution is 6.40. The summed E-state index contributed by atoms with van der Waals surface area (Å²) < 4.78 is 5.39. The Morgan fingerprint density at radius 3 is 2.32 bits per heavy atom. The molecule has 2 aromatic carbocycles. The molecule has 0 radical (unpaired) electrons. The van der Waals surface area contributed by atoms with Crippen LogP contribution in [-0.4, -0.2) is 12.5 Å². The first-order chi connectivity index (χ1) is 10.4. The van der Waals surface area contributed by atoms with E-state index in [4.69, 9.17) is 39.5 Å². The van der Waals surface area contributed by atoms with Crippen LogP contribution in [0.4, 0.5) is 5.69 Å². The third kappa shape index (κ3) is 4.29. The van der Waals surface area contributed by atoms with Crippen LogP contribution < -0.4 is 10.1 Å². The molecule has 0 fully saturated rings. The summed E-state index contributed by atoms with van der Waals surface area (Å²) in [5, 5.41) is 3.71. The van der Waals surface area contributed by atoms with Crippen LogP contribution >= 0.6 is 34.8 Å². The molecule has 22 heavy (non-hydrogen) atoms. The Bertz CT molecular complexity index is 694. The Hall–Kier alpha value is -1.42. The van der Waals surface area contributed by atoms with E-state index in [1.807, 2.05) is 32.0 Å². The number of benzene rings is 2. The van der Waals surface area contributed by atoms with Crippen molar-refractivity contribution in [1.82, 2.24) is 0 Å². The highest BCUT2D eigenvalue weighted by Crippen LogP contribution is 2.35. The molecule has 6 heteroatoms. The zero-order valence-electron chi connectivity index (χ0n) is 12.0. The Morgan fingerprint density at radius 2 is 1.73 bits per heavy atom. The lowest BCUT2D eigenvalue weighted by molar-refractivity contribution is -0.118. The number of carbonyl (C=O) groups is 1. The fraction of sp³-hybridized carbons (Fsp3) is 0.188. The van der Waals surface area contributed by atoms with E-state index in [-0.39, 0.29) is 28.3 Å². The van der Waals surface area contributed by atoms with Gasteiger partial charge in [-0.15, -0.1) is 0 Å². The van der Waals surface area contributed by atoms with Gasteiger partial charge in [0.25, 0.3) is 5.91 Å². The standard InChI is InChI=1S/C16H14Cl3NO2/c1-9-3-4-14(10(2)5-9)20-15(21)8-22-16-12(18)6-11(17)7-13(16)19/h3-7H,8H2,1-2H3,(H,20,21). The highest BCUT2D eigenvalue weighted by Gasteiger charge is 2.12. The lowest BCUT2D eigenvalue weighted by Crippen LogP contribution is -2.20. The maximum atomic E-state index is 12.0. The van der Waals surface area contributed by atoms with Gasteiger partial charge in [0.05, 0.1) is 10.0 Å². The molecular formula is C16H14Cl3NO2. The smallest absolute Gasteiger partial charge is 0.262 e. The fourth-order valence-electron chi connectivity index (χ4n) is 1.94. The van der Waals surface area contributed by atoms with Crippen LogP contribution in [-0.2, 0) is 4.79 Å². The average molecular weight is 359 g/mol. The van der Waals surface area contributed by atoms with Gasteiger partial charge in [-0.2, -0.15) is 0 Å². The van der Waals surface area contributed by atoms with Crippen molar-refractivity contribution in [3.05, 3.63) is 56.5 Å². The molecule has 0 bridgehead atoms. The normalized spacial score (nSPS) is 10.4. The molecule has 0 heterocycles. The third-order valence-corrected chi connectivity index (χ3v) is 3.75. The summed E-state index contributed by atoms with van der Waals surface area (Å²) in [6.45, 7) is 3.72. The second-order valence-electron chi connectivity index (χ2n) is 4.85. The summed E-state index contributed by atoms with van der Waals surface area (Å²) in [5.41, 5.74) is 2.86. The van der Waals surface area contributed by atoms with Crippen LogP contribution in [0.2, 0.25) is 15.1 Å². The van der Waals surface area contributed by atoms with E-state index >= 15 is 0 Å².